The second-order valence-electron chi connectivity index (χ2n) is 4.47. The minimum absolute atomic E-state index is 0.0900. The number of hydrogen-bond acceptors (Lipinski definition) is 4. The Morgan fingerprint density at radius 3 is 2.63 bits per heavy atom. The van der Waals surface area contributed by atoms with Crippen LogP contribution in [0.5, 0.6) is 0 Å². The molecular weight excluding hydrogens is 379 g/mol. The Bertz CT molecular complexity index is 572. The monoisotopic (exact) mass is 396 g/mol. The van der Waals surface area contributed by atoms with Crippen molar-refractivity contribution < 1.29 is 13.2 Å². The maximum Gasteiger partial charge on any atom is 0.241 e. The molecule has 1 unspecified atom stereocenters. The average molecular weight is 396 g/mol. The molecule has 106 valence electrons. The molecule has 1 atom stereocenters. The summed E-state index contributed by atoms with van der Waals surface area (Å²) in [6.07, 6.45) is 1.25. The Balaban J connectivity index is 2.64. The van der Waals surface area contributed by atoms with Crippen molar-refractivity contribution in [2.24, 2.45) is 5.73 Å². The van der Waals surface area contributed by atoms with Gasteiger partial charge in [-0.05, 0) is 59.7 Å². The molecule has 1 aromatic carbocycles. The minimum atomic E-state index is -3.10. The van der Waals surface area contributed by atoms with Crippen LogP contribution in [-0.2, 0) is 14.6 Å². The summed E-state index contributed by atoms with van der Waals surface area (Å²) >= 11 is 2.19. The van der Waals surface area contributed by atoms with Crippen LogP contribution in [0.1, 0.15) is 12.0 Å². The fraction of sp³-hybridized carbons (Fsp3) is 0.417. The molecule has 19 heavy (non-hydrogen) atoms. The number of sulfone groups is 1. The highest BCUT2D eigenvalue weighted by Crippen LogP contribution is 2.17. The van der Waals surface area contributed by atoms with Gasteiger partial charge in [-0.1, -0.05) is 0 Å². The molecule has 0 spiro atoms. The number of nitrogens with one attached hydrogen (secondary N) is 1. The van der Waals surface area contributed by atoms with Crippen LogP contribution in [-0.4, -0.2) is 32.4 Å². The van der Waals surface area contributed by atoms with Crippen LogP contribution in [0, 0.1) is 10.5 Å². The van der Waals surface area contributed by atoms with Crippen LogP contribution in [0.2, 0.25) is 0 Å². The third-order valence-electron chi connectivity index (χ3n) is 2.58. The van der Waals surface area contributed by atoms with Gasteiger partial charge >= 0.3 is 0 Å². The first-order valence-corrected chi connectivity index (χ1v) is 8.83. The molecule has 3 N–H and O–H groups in total. The molecule has 5 nitrogen and oxygen atoms in total. The van der Waals surface area contributed by atoms with Gasteiger partial charge in [0.2, 0.25) is 5.91 Å². The Kier molecular flexibility index (Phi) is 5.75. The molecule has 0 saturated carbocycles. The molecule has 0 aliphatic rings. The largest absolute Gasteiger partial charge is 0.324 e. The normalized spacial score (nSPS) is 13.1. The number of anilines is 1. The van der Waals surface area contributed by atoms with E-state index in [-0.39, 0.29) is 18.1 Å². The van der Waals surface area contributed by atoms with Gasteiger partial charge in [0, 0.05) is 15.5 Å². The Labute approximate surface area is 127 Å². The average Bonchev–Trinajstić information content (AvgIpc) is 2.28. The van der Waals surface area contributed by atoms with Crippen molar-refractivity contribution in [3.8, 4) is 0 Å². The van der Waals surface area contributed by atoms with Gasteiger partial charge in [-0.15, -0.1) is 0 Å². The Morgan fingerprint density at radius 2 is 2.11 bits per heavy atom. The molecule has 0 radical (unpaired) electrons. The SMILES string of the molecule is Cc1cc(I)ccc1NC(=O)C(N)CCS(C)(=O)=O. The number of rotatable bonds is 5. The lowest BCUT2D eigenvalue weighted by Gasteiger charge is -2.13. The van der Waals surface area contributed by atoms with Gasteiger partial charge in [-0.3, -0.25) is 4.79 Å². The van der Waals surface area contributed by atoms with Crippen molar-refractivity contribution in [3.05, 3.63) is 27.3 Å². The predicted molar refractivity (Wildman–Crippen MR) is 84.8 cm³/mol. The van der Waals surface area contributed by atoms with Gasteiger partial charge in [0.15, 0.2) is 0 Å². The molecule has 0 saturated heterocycles. The summed E-state index contributed by atoms with van der Waals surface area (Å²) in [5, 5.41) is 2.71. The minimum Gasteiger partial charge on any atom is -0.324 e. The van der Waals surface area contributed by atoms with Gasteiger partial charge in [0.25, 0.3) is 0 Å². The highest BCUT2D eigenvalue weighted by Gasteiger charge is 2.16. The van der Waals surface area contributed by atoms with Gasteiger partial charge in [0.05, 0.1) is 11.8 Å². The van der Waals surface area contributed by atoms with Crippen molar-refractivity contribution in [1.29, 1.82) is 0 Å². The maximum atomic E-state index is 11.8. The number of carbonyl (C=O) groups is 1. The summed E-state index contributed by atoms with van der Waals surface area (Å²) in [5.74, 6) is -0.458. The fourth-order valence-electron chi connectivity index (χ4n) is 1.46. The molecule has 0 fully saturated rings. The van der Waals surface area contributed by atoms with E-state index in [4.69, 9.17) is 5.73 Å². The lowest BCUT2D eigenvalue weighted by Crippen LogP contribution is -2.37. The smallest absolute Gasteiger partial charge is 0.241 e. The number of nitrogens with two attached hydrogens (primary N) is 1. The summed E-state index contributed by atoms with van der Waals surface area (Å²) in [6, 6.07) is 4.80. The van der Waals surface area contributed by atoms with Crippen molar-refractivity contribution in [2.45, 2.75) is 19.4 Å². The number of carbonyl (C=O) groups excluding carboxylic acids is 1. The Hall–Kier alpha value is -0.670. The number of amides is 1. The van der Waals surface area contributed by atoms with Gasteiger partial charge in [0.1, 0.15) is 9.84 Å². The second-order valence-corrected chi connectivity index (χ2v) is 7.98. The second kappa shape index (κ2) is 6.67. The predicted octanol–water partition coefficient (Wildman–Crippen LogP) is 1.30. The number of halogens is 1. The van der Waals surface area contributed by atoms with Crippen LogP contribution in [0.15, 0.2) is 18.2 Å². The van der Waals surface area contributed by atoms with E-state index < -0.39 is 15.9 Å². The summed E-state index contributed by atoms with van der Waals surface area (Å²) in [7, 11) is -3.10. The molecule has 1 amide bonds. The standard InChI is InChI=1S/C12H17IN2O3S/c1-8-7-9(13)3-4-11(8)15-12(16)10(14)5-6-19(2,17)18/h3-4,7,10H,5-6,14H2,1-2H3,(H,15,16). The van der Waals surface area contributed by atoms with Crippen molar-refractivity contribution >= 4 is 44.0 Å². The van der Waals surface area contributed by atoms with E-state index in [0.29, 0.717) is 5.69 Å². The van der Waals surface area contributed by atoms with E-state index in [9.17, 15) is 13.2 Å². The molecule has 0 aromatic heterocycles. The van der Waals surface area contributed by atoms with Crippen molar-refractivity contribution in [3.63, 3.8) is 0 Å². The summed E-state index contributed by atoms with van der Waals surface area (Å²) < 4.78 is 23.1. The molecule has 1 rings (SSSR count). The van der Waals surface area contributed by atoms with Crippen LogP contribution in [0.25, 0.3) is 0 Å². The molecule has 0 bridgehead atoms. The zero-order valence-electron chi connectivity index (χ0n) is 10.8. The van der Waals surface area contributed by atoms with Crippen molar-refractivity contribution in [2.75, 3.05) is 17.3 Å². The molecule has 7 heteroatoms. The van der Waals surface area contributed by atoms with E-state index in [0.717, 1.165) is 15.4 Å². The van der Waals surface area contributed by atoms with Crippen LogP contribution in [0.3, 0.4) is 0 Å². The van der Waals surface area contributed by atoms with E-state index in [1.807, 2.05) is 19.1 Å². The van der Waals surface area contributed by atoms with Gasteiger partial charge < -0.3 is 11.1 Å². The zero-order valence-corrected chi connectivity index (χ0v) is 13.8. The highest BCUT2D eigenvalue weighted by atomic mass is 127. The maximum absolute atomic E-state index is 11.8. The van der Waals surface area contributed by atoms with Crippen LogP contribution >= 0.6 is 22.6 Å². The van der Waals surface area contributed by atoms with E-state index >= 15 is 0 Å². The quantitative estimate of drug-likeness (QED) is 0.735. The first kappa shape index (κ1) is 16.4. The molecule has 1 aromatic rings. The van der Waals surface area contributed by atoms with Gasteiger partial charge in [-0.2, -0.15) is 0 Å². The summed E-state index contributed by atoms with van der Waals surface area (Å²) in [5.41, 5.74) is 7.31. The summed E-state index contributed by atoms with van der Waals surface area (Å²) in [6.45, 7) is 1.89. The van der Waals surface area contributed by atoms with E-state index in [2.05, 4.69) is 27.9 Å². The molecule has 0 aliphatic carbocycles. The van der Waals surface area contributed by atoms with Crippen LogP contribution in [0.4, 0.5) is 5.69 Å². The zero-order chi connectivity index (χ0) is 14.6. The first-order valence-electron chi connectivity index (χ1n) is 5.69. The van der Waals surface area contributed by atoms with E-state index in [1.165, 1.54) is 0 Å². The topological polar surface area (TPSA) is 89.3 Å². The molecular formula is C12H17IN2O3S. The number of aryl methyl sites for hydroxylation is 1. The van der Waals surface area contributed by atoms with Crippen molar-refractivity contribution in [1.82, 2.24) is 0 Å². The third-order valence-corrected chi connectivity index (χ3v) is 4.23. The number of hydrogen-bond donors (Lipinski definition) is 2. The van der Waals surface area contributed by atoms with Gasteiger partial charge in [-0.25, -0.2) is 8.42 Å². The van der Waals surface area contributed by atoms with E-state index in [1.54, 1.807) is 6.07 Å². The first-order chi connectivity index (χ1) is 8.69. The molecule has 0 aliphatic heterocycles. The van der Waals surface area contributed by atoms with Crippen LogP contribution < -0.4 is 11.1 Å². The summed E-state index contributed by atoms with van der Waals surface area (Å²) in [4.78, 5) is 11.8. The number of benzene rings is 1. The third kappa shape index (κ3) is 5.87. The molecule has 0 heterocycles. The lowest BCUT2D eigenvalue weighted by atomic mass is 10.1. The fourth-order valence-corrected chi connectivity index (χ4v) is 2.79. The highest BCUT2D eigenvalue weighted by molar-refractivity contribution is 14.1. The lowest BCUT2D eigenvalue weighted by molar-refractivity contribution is -0.117. The Morgan fingerprint density at radius 1 is 1.47 bits per heavy atom.